The van der Waals surface area contributed by atoms with Crippen LogP contribution in [0.1, 0.15) is 152 Å². The molecule has 1 fully saturated rings. The van der Waals surface area contributed by atoms with Gasteiger partial charge in [0.05, 0.1) is 12.0 Å². The summed E-state index contributed by atoms with van der Waals surface area (Å²) in [5.74, 6) is 0.617. The van der Waals surface area contributed by atoms with E-state index in [2.05, 4.69) is 31.1 Å². The molecule has 21 nitrogen and oxygen atoms in total. The largest absolute Gasteiger partial charge is 0.455 e. The molecule has 7 amide bonds. The van der Waals surface area contributed by atoms with Gasteiger partial charge in [-0.3, -0.25) is 53.0 Å². The summed E-state index contributed by atoms with van der Waals surface area (Å²) in [4.78, 5) is 131. The van der Waals surface area contributed by atoms with Crippen LogP contribution in [0.25, 0.3) is 0 Å². The van der Waals surface area contributed by atoms with Gasteiger partial charge in [0, 0.05) is 68.7 Å². The molecular weight excluding hydrogens is 997 g/mol. The molecule has 4 rings (SSSR count). The standard InChI is InChI=1S/C54H82N10O11S/c1-9-34(4)48(61-51(71)42-18-13-16-27-62(42)7)53(72)63(8)43(33(2)3)31-44(74-36(6)65)52-60-41(32-76-52)50(70)58-39(29-35(5)54(73)75-56)30-37-20-22-38(23-21-37)57-49(69)40(17-12-14-26-55)59-45(66)19-11-10-15-28-64-46(67)24-25-47(64)68/h20-25,32-35,39-40,42-44,48H,9-19,26-31,55-56H2,1-8H3,(H,57,69)(H,58,70)(H,59,66)(H,61,71)/t34-,35?,39+,40-,42+,43+,44+,48-/m0/s1. The Morgan fingerprint density at radius 2 is 1.61 bits per heavy atom. The van der Waals surface area contributed by atoms with Gasteiger partial charge in [-0.1, -0.05) is 66.0 Å². The van der Waals surface area contributed by atoms with Crippen molar-refractivity contribution in [1.82, 2.24) is 35.6 Å². The number of likely N-dealkylation sites (N-methyl/N-ethyl adjacent to an activating group) is 2. The van der Waals surface area contributed by atoms with Crippen LogP contribution in [0.2, 0.25) is 0 Å². The third-order valence-electron chi connectivity index (χ3n) is 14.2. The predicted molar refractivity (Wildman–Crippen MR) is 288 cm³/mol. The van der Waals surface area contributed by atoms with Crippen molar-refractivity contribution in [2.24, 2.45) is 29.4 Å². The summed E-state index contributed by atoms with van der Waals surface area (Å²) in [6, 6.07) is 3.92. The van der Waals surface area contributed by atoms with Crippen LogP contribution in [0.5, 0.6) is 0 Å². The number of hydrogen-bond acceptors (Lipinski definition) is 16. The normalized spacial score (nSPS) is 17.5. The first-order valence-electron chi connectivity index (χ1n) is 26.7. The minimum atomic E-state index is -0.923. The first-order chi connectivity index (χ1) is 36.2. The van der Waals surface area contributed by atoms with Gasteiger partial charge in [-0.25, -0.2) is 4.98 Å². The zero-order valence-electron chi connectivity index (χ0n) is 45.6. The number of carbonyl (C=O) groups excluding carboxylic acids is 9. The topological polar surface area (TPSA) is 295 Å². The SMILES string of the molecule is CC[C@H](C)[C@H](NC(=O)[C@H]1CCCCN1C)C(=O)N(C)[C@H](C[C@@H](OC(C)=O)c1nc(C(=O)N[C@@H](Cc2ccc(NC(=O)[C@H](CCCCN)NC(=O)CCCCCN3C(=O)C=CC3=O)cc2)CC(C)C(=O)ON)cs1)C(C)C. The van der Waals surface area contributed by atoms with Crippen molar-refractivity contribution in [3.8, 4) is 0 Å². The molecule has 0 radical (unpaired) electrons. The number of unbranched alkanes of at least 4 members (excludes halogenated alkanes) is 3. The lowest BCUT2D eigenvalue weighted by atomic mass is 9.92. The van der Waals surface area contributed by atoms with Gasteiger partial charge in [0.25, 0.3) is 17.7 Å². The van der Waals surface area contributed by atoms with Crippen LogP contribution < -0.4 is 32.9 Å². The molecule has 1 unspecified atom stereocenters. The highest BCUT2D eigenvalue weighted by Gasteiger charge is 2.38. The molecule has 0 bridgehead atoms. The van der Waals surface area contributed by atoms with E-state index in [-0.39, 0.29) is 85.3 Å². The van der Waals surface area contributed by atoms with Gasteiger partial charge < -0.3 is 41.5 Å². The number of nitrogens with two attached hydrogens (primary N) is 2. The van der Waals surface area contributed by atoms with Crippen molar-refractivity contribution in [3.05, 3.63) is 58.1 Å². The molecule has 76 heavy (non-hydrogen) atoms. The first-order valence-corrected chi connectivity index (χ1v) is 27.6. The number of piperidine rings is 1. The van der Waals surface area contributed by atoms with Crippen LogP contribution in [0.3, 0.4) is 0 Å². The van der Waals surface area contributed by atoms with Crippen molar-refractivity contribution in [2.45, 2.75) is 168 Å². The van der Waals surface area contributed by atoms with E-state index in [1.807, 2.05) is 39.6 Å². The maximum absolute atomic E-state index is 14.4. The fraction of sp³-hybridized carbons (Fsp3) is 0.630. The van der Waals surface area contributed by atoms with Crippen molar-refractivity contribution in [3.63, 3.8) is 0 Å². The summed E-state index contributed by atoms with van der Waals surface area (Å²) in [6.07, 6.45) is 8.89. The molecule has 0 spiro atoms. The van der Waals surface area contributed by atoms with Crippen molar-refractivity contribution in [2.75, 3.05) is 39.0 Å². The molecule has 2 aliphatic heterocycles. The number of imide groups is 1. The number of hydrogen-bond donors (Lipinski definition) is 6. The second kappa shape index (κ2) is 31.2. The smallest absolute Gasteiger partial charge is 0.327 e. The van der Waals surface area contributed by atoms with Crippen LogP contribution >= 0.6 is 11.3 Å². The molecule has 8 N–H and O–H groups in total. The third-order valence-corrected chi connectivity index (χ3v) is 15.2. The summed E-state index contributed by atoms with van der Waals surface area (Å²) in [5, 5.41) is 13.7. The van der Waals surface area contributed by atoms with Crippen molar-refractivity contribution < 1.29 is 52.7 Å². The summed E-state index contributed by atoms with van der Waals surface area (Å²) in [6.45, 7) is 12.3. The number of aromatic nitrogens is 1. The van der Waals surface area contributed by atoms with Crippen LogP contribution in [0.15, 0.2) is 41.8 Å². The number of rotatable bonds is 31. The number of carbonyl (C=O) groups is 9. The van der Waals surface area contributed by atoms with Crippen LogP contribution in [0.4, 0.5) is 5.69 Å². The summed E-state index contributed by atoms with van der Waals surface area (Å²) < 4.78 is 5.83. The number of amides is 7. The number of thiazole rings is 1. The lowest BCUT2D eigenvalue weighted by Gasteiger charge is -2.38. The number of ether oxygens (including phenoxy) is 1. The van der Waals surface area contributed by atoms with Gasteiger partial charge in [0.2, 0.25) is 23.6 Å². The second-order valence-electron chi connectivity index (χ2n) is 20.5. The monoisotopic (exact) mass is 1080 g/mol. The number of anilines is 1. The Hall–Kier alpha value is -6.10. The molecule has 0 saturated carbocycles. The minimum absolute atomic E-state index is 0.0470. The first kappa shape index (κ1) is 62.4. The molecule has 1 saturated heterocycles. The summed E-state index contributed by atoms with van der Waals surface area (Å²) in [7, 11) is 3.62. The number of nitrogens with zero attached hydrogens (tertiary/aromatic N) is 4. The number of likely N-dealkylation sites (tertiary alicyclic amines) is 1. The molecule has 420 valence electrons. The predicted octanol–water partition coefficient (Wildman–Crippen LogP) is 4.46. The highest BCUT2D eigenvalue weighted by atomic mass is 32.1. The van der Waals surface area contributed by atoms with Crippen LogP contribution in [-0.2, 0) is 54.4 Å². The Kier molecular flexibility index (Phi) is 25.6. The van der Waals surface area contributed by atoms with E-state index in [0.717, 1.165) is 47.6 Å². The van der Waals surface area contributed by atoms with Gasteiger partial charge in [-0.05, 0) is 107 Å². The average Bonchev–Trinajstić information content (AvgIpc) is 4.01. The highest BCUT2D eigenvalue weighted by molar-refractivity contribution is 7.09. The molecule has 2 aromatic rings. The van der Waals surface area contributed by atoms with Gasteiger partial charge in [-0.2, -0.15) is 5.90 Å². The van der Waals surface area contributed by atoms with Gasteiger partial charge in [0.15, 0.2) is 6.10 Å². The quantitative estimate of drug-likeness (QED) is 0.0263. The maximum atomic E-state index is 14.4. The molecular formula is C54H82N10O11S. The minimum Gasteiger partial charge on any atom is -0.455 e. The van der Waals surface area contributed by atoms with Gasteiger partial charge in [0.1, 0.15) is 22.8 Å². The van der Waals surface area contributed by atoms with E-state index in [9.17, 15) is 43.2 Å². The highest BCUT2D eigenvalue weighted by Crippen LogP contribution is 2.31. The van der Waals surface area contributed by atoms with E-state index in [4.69, 9.17) is 16.4 Å². The lowest BCUT2D eigenvalue weighted by Crippen LogP contribution is -2.58. The summed E-state index contributed by atoms with van der Waals surface area (Å²) >= 11 is 1.13. The van der Waals surface area contributed by atoms with Gasteiger partial charge in [-0.15, -0.1) is 11.3 Å². The molecule has 2 aliphatic rings. The van der Waals surface area contributed by atoms with E-state index < -0.39 is 59.9 Å². The van der Waals surface area contributed by atoms with Crippen molar-refractivity contribution in [1.29, 1.82) is 0 Å². The van der Waals surface area contributed by atoms with E-state index in [1.54, 1.807) is 48.5 Å². The second-order valence-corrected chi connectivity index (χ2v) is 21.4. The molecule has 3 heterocycles. The number of nitrogens with one attached hydrogen (secondary N) is 4. The third kappa shape index (κ3) is 19.2. The Labute approximate surface area is 451 Å². The lowest BCUT2D eigenvalue weighted by molar-refractivity contribution is -0.150. The Bertz CT molecular complexity index is 2310. The van der Waals surface area contributed by atoms with Gasteiger partial charge >= 0.3 is 11.9 Å². The van der Waals surface area contributed by atoms with E-state index in [1.165, 1.54) is 19.1 Å². The average molecular weight is 1080 g/mol. The molecule has 1 aromatic carbocycles. The number of benzene rings is 1. The van der Waals surface area contributed by atoms with Crippen LogP contribution in [-0.4, -0.2) is 137 Å². The zero-order valence-corrected chi connectivity index (χ0v) is 46.4. The molecule has 0 aliphatic carbocycles. The molecule has 1 aromatic heterocycles. The Morgan fingerprint density at radius 1 is 0.908 bits per heavy atom. The van der Waals surface area contributed by atoms with Crippen molar-refractivity contribution >= 4 is 70.3 Å². The molecule has 8 atom stereocenters. The maximum Gasteiger partial charge on any atom is 0.327 e. The molecule has 22 heteroatoms. The van der Waals surface area contributed by atoms with E-state index in [0.29, 0.717) is 62.2 Å². The number of esters is 1. The fourth-order valence-corrected chi connectivity index (χ4v) is 10.3. The zero-order chi connectivity index (χ0) is 56.1. The summed E-state index contributed by atoms with van der Waals surface area (Å²) in [5.41, 5.74) is 6.97. The van der Waals surface area contributed by atoms with Crippen LogP contribution in [0, 0.1) is 17.8 Å². The fourth-order valence-electron chi connectivity index (χ4n) is 9.50. The Morgan fingerprint density at radius 3 is 2.22 bits per heavy atom. The Balaban J connectivity index is 1.43. The van der Waals surface area contributed by atoms with E-state index >= 15 is 0 Å².